The number of aryl methyl sites for hydroxylation is 2. The number of nitrogens with two attached hydrogens (primary N) is 1. The van der Waals surface area contributed by atoms with Gasteiger partial charge in [0.25, 0.3) is 5.91 Å². The number of hydrogen-bond acceptors (Lipinski definition) is 2. The molecule has 0 radical (unpaired) electrons. The van der Waals surface area contributed by atoms with Crippen LogP contribution in [0.3, 0.4) is 0 Å². The SMILES string of the molecule is Cc1nn(C)c(C)c1NC(=O)C[NH2+][C@H](C)c1cc(F)c(Cl)cc1Cl. The molecule has 24 heavy (non-hydrogen) atoms. The molecule has 2 rings (SSSR count). The lowest BCUT2D eigenvalue weighted by Gasteiger charge is -2.13. The molecule has 130 valence electrons. The number of carbonyl (C=O) groups excluding carboxylic acids is 1. The molecular formula is C16H20Cl2FN4O+. The van der Waals surface area contributed by atoms with Gasteiger partial charge in [-0.25, -0.2) is 4.39 Å². The van der Waals surface area contributed by atoms with Gasteiger partial charge < -0.3 is 10.6 Å². The zero-order valence-corrected chi connectivity index (χ0v) is 15.5. The van der Waals surface area contributed by atoms with Gasteiger partial charge in [-0.2, -0.15) is 5.10 Å². The topological polar surface area (TPSA) is 63.5 Å². The summed E-state index contributed by atoms with van der Waals surface area (Å²) >= 11 is 11.8. The average molecular weight is 374 g/mol. The Morgan fingerprint density at radius 1 is 1.38 bits per heavy atom. The first kappa shape index (κ1) is 18.7. The molecule has 0 saturated carbocycles. The average Bonchev–Trinajstić information content (AvgIpc) is 2.75. The molecule has 1 amide bonds. The molecule has 0 spiro atoms. The number of aromatic nitrogens is 2. The summed E-state index contributed by atoms with van der Waals surface area (Å²) in [6, 6.07) is 2.49. The van der Waals surface area contributed by atoms with E-state index in [1.807, 2.05) is 27.8 Å². The summed E-state index contributed by atoms with van der Waals surface area (Å²) in [6.45, 7) is 5.75. The van der Waals surface area contributed by atoms with Crippen molar-refractivity contribution in [2.45, 2.75) is 26.8 Å². The maximum absolute atomic E-state index is 13.6. The fraction of sp³-hybridized carbons (Fsp3) is 0.375. The van der Waals surface area contributed by atoms with Gasteiger partial charge in [0.05, 0.1) is 27.1 Å². The van der Waals surface area contributed by atoms with Gasteiger partial charge in [-0.05, 0) is 32.9 Å². The van der Waals surface area contributed by atoms with Crippen LogP contribution < -0.4 is 10.6 Å². The summed E-state index contributed by atoms with van der Waals surface area (Å²) < 4.78 is 15.3. The number of nitrogens with zero attached hydrogens (tertiary/aromatic N) is 2. The Morgan fingerprint density at radius 2 is 2.04 bits per heavy atom. The number of benzene rings is 1. The number of amides is 1. The fourth-order valence-corrected chi connectivity index (χ4v) is 3.00. The van der Waals surface area contributed by atoms with E-state index in [1.54, 1.807) is 10.00 Å². The zero-order valence-electron chi connectivity index (χ0n) is 14.0. The van der Waals surface area contributed by atoms with Gasteiger partial charge in [-0.1, -0.05) is 23.2 Å². The molecule has 0 saturated heterocycles. The minimum Gasteiger partial charge on any atom is -0.332 e. The van der Waals surface area contributed by atoms with Crippen molar-refractivity contribution in [3.05, 3.63) is 44.9 Å². The Kier molecular flexibility index (Phi) is 5.85. The molecule has 0 unspecified atom stereocenters. The van der Waals surface area contributed by atoms with Gasteiger partial charge in [0.15, 0.2) is 6.54 Å². The molecule has 5 nitrogen and oxygen atoms in total. The number of carbonyl (C=O) groups is 1. The van der Waals surface area contributed by atoms with Crippen molar-refractivity contribution in [1.29, 1.82) is 0 Å². The second kappa shape index (κ2) is 7.51. The third-order valence-electron chi connectivity index (χ3n) is 3.96. The molecule has 0 bridgehead atoms. The second-order valence-electron chi connectivity index (χ2n) is 5.73. The van der Waals surface area contributed by atoms with Crippen molar-refractivity contribution in [2.75, 3.05) is 11.9 Å². The van der Waals surface area contributed by atoms with E-state index in [1.165, 1.54) is 12.1 Å². The summed E-state index contributed by atoms with van der Waals surface area (Å²) in [6.07, 6.45) is 0. The Balaban J connectivity index is 2.00. The van der Waals surface area contributed by atoms with Gasteiger partial charge in [-0.3, -0.25) is 9.48 Å². The zero-order chi connectivity index (χ0) is 18.0. The highest BCUT2D eigenvalue weighted by molar-refractivity contribution is 6.35. The van der Waals surface area contributed by atoms with Gasteiger partial charge in [0.2, 0.25) is 0 Å². The lowest BCUT2D eigenvalue weighted by molar-refractivity contribution is -0.682. The van der Waals surface area contributed by atoms with E-state index >= 15 is 0 Å². The van der Waals surface area contributed by atoms with Crippen LogP contribution in [0.15, 0.2) is 12.1 Å². The largest absolute Gasteiger partial charge is 0.332 e. The summed E-state index contributed by atoms with van der Waals surface area (Å²) in [7, 11) is 1.82. The number of rotatable bonds is 5. The third-order valence-corrected chi connectivity index (χ3v) is 4.58. The number of hydrogen-bond donors (Lipinski definition) is 2. The molecule has 2 aromatic rings. The highest BCUT2D eigenvalue weighted by Gasteiger charge is 2.18. The smallest absolute Gasteiger partial charge is 0.279 e. The van der Waals surface area contributed by atoms with Crippen LogP contribution in [0.2, 0.25) is 10.0 Å². The monoisotopic (exact) mass is 373 g/mol. The molecule has 1 aromatic carbocycles. The molecule has 0 aliphatic rings. The summed E-state index contributed by atoms with van der Waals surface area (Å²) in [5.74, 6) is -0.686. The second-order valence-corrected chi connectivity index (χ2v) is 6.55. The minimum absolute atomic E-state index is 0.0174. The minimum atomic E-state index is -0.526. The predicted octanol–water partition coefficient (Wildman–Crippen LogP) is 2.75. The van der Waals surface area contributed by atoms with Crippen LogP contribution in [0.1, 0.15) is 29.9 Å². The maximum Gasteiger partial charge on any atom is 0.279 e. The standard InChI is InChI=1S/C16H19Cl2FN4O/c1-8(11-5-14(19)13(18)6-12(11)17)20-7-15(24)21-16-9(2)22-23(4)10(16)3/h5-6,8,20H,7H2,1-4H3,(H,21,24)/p+1/t8-/m1/s1. The van der Waals surface area contributed by atoms with E-state index in [-0.39, 0.29) is 23.5 Å². The molecule has 1 aromatic heterocycles. The van der Waals surface area contributed by atoms with Gasteiger partial charge in [0.1, 0.15) is 11.9 Å². The molecule has 1 atom stereocenters. The van der Waals surface area contributed by atoms with Crippen molar-refractivity contribution in [2.24, 2.45) is 7.05 Å². The molecular weight excluding hydrogens is 354 g/mol. The number of nitrogens with one attached hydrogen (secondary N) is 1. The highest BCUT2D eigenvalue weighted by Crippen LogP contribution is 2.27. The number of halogens is 3. The van der Waals surface area contributed by atoms with Crippen LogP contribution in [0.5, 0.6) is 0 Å². The Hall–Kier alpha value is -1.63. The van der Waals surface area contributed by atoms with E-state index in [0.29, 0.717) is 10.6 Å². The van der Waals surface area contributed by atoms with E-state index < -0.39 is 5.82 Å². The number of anilines is 1. The van der Waals surface area contributed by atoms with E-state index in [2.05, 4.69) is 10.4 Å². The van der Waals surface area contributed by atoms with Crippen LogP contribution in [0, 0.1) is 19.7 Å². The molecule has 1 heterocycles. The van der Waals surface area contributed by atoms with Gasteiger partial charge in [0, 0.05) is 12.6 Å². The Bertz CT molecular complexity index is 776. The number of quaternary nitrogens is 1. The Labute approximate surface area is 150 Å². The van der Waals surface area contributed by atoms with Crippen molar-refractivity contribution in [3.8, 4) is 0 Å². The van der Waals surface area contributed by atoms with Crippen LogP contribution >= 0.6 is 23.2 Å². The summed E-state index contributed by atoms with van der Waals surface area (Å²) in [5.41, 5.74) is 2.97. The molecule has 0 fully saturated rings. The lowest BCUT2D eigenvalue weighted by atomic mass is 10.1. The quantitative estimate of drug-likeness (QED) is 0.791. The normalized spacial score (nSPS) is 12.3. The van der Waals surface area contributed by atoms with Gasteiger partial charge in [-0.15, -0.1) is 0 Å². The third kappa shape index (κ3) is 4.06. The summed E-state index contributed by atoms with van der Waals surface area (Å²) in [4.78, 5) is 12.2. The van der Waals surface area contributed by atoms with Gasteiger partial charge >= 0.3 is 0 Å². The van der Waals surface area contributed by atoms with Crippen LogP contribution in [0.4, 0.5) is 10.1 Å². The van der Waals surface area contributed by atoms with Crippen molar-refractivity contribution < 1.29 is 14.5 Å². The highest BCUT2D eigenvalue weighted by atomic mass is 35.5. The molecule has 8 heteroatoms. The first-order chi connectivity index (χ1) is 11.2. The van der Waals surface area contributed by atoms with E-state index in [0.717, 1.165) is 17.1 Å². The predicted molar refractivity (Wildman–Crippen MR) is 92.9 cm³/mol. The van der Waals surface area contributed by atoms with Crippen molar-refractivity contribution >= 4 is 34.8 Å². The Morgan fingerprint density at radius 3 is 2.62 bits per heavy atom. The van der Waals surface area contributed by atoms with Crippen LogP contribution in [0.25, 0.3) is 0 Å². The van der Waals surface area contributed by atoms with Crippen LogP contribution in [-0.2, 0) is 11.8 Å². The molecule has 3 N–H and O–H groups in total. The van der Waals surface area contributed by atoms with Crippen molar-refractivity contribution in [1.82, 2.24) is 9.78 Å². The van der Waals surface area contributed by atoms with Crippen LogP contribution in [-0.4, -0.2) is 22.2 Å². The lowest BCUT2D eigenvalue weighted by Crippen LogP contribution is -2.86. The molecule has 0 aliphatic heterocycles. The summed E-state index contributed by atoms with van der Waals surface area (Å²) in [5, 5.41) is 9.26. The molecule has 0 aliphatic carbocycles. The first-order valence-corrected chi connectivity index (χ1v) is 8.24. The van der Waals surface area contributed by atoms with Crippen molar-refractivity contribution in [3.63, 3.8) is 0 Å². The van der Waals surface area contributed by atoms with E-state index in [9.17, 15) is 9.18 Å². The fourth-order valence-electron chi connectivity index (χ4n) is 2.44. The van der Waals surface area contributed by atoms with E-state index in [4.69, 9.17) is 23.2 Å². The first-order valence-electron chi connectivity index (χ1n) is 7.48. The maximum atomic E-state index is 13.6.